The topological polar surface area (TPSA) is 16.4 Å². The van der Waals surface area contributed by atoms with Gasteiger partial charge in [-0.3, -0.25) is 0 Å². The summed E-state index contributed by atoms with van der Waals surface area (Å²) in [6.45, 7) is 0. The maximum Gasteiger partial charge on any atom is 0.136 e. The fraction of sp³-hybridized carbons (Fsp3) is 0. The van der Waals surface area contributed by atoms with E-state index in [1.165, 1.54) is 44.2 Å². The van der Waals surface area contributed by atoms with Crippen LogP contribution in [0.15, 0.2) is 217 Å². The number of fused-ring (bicyclic) bond motifs is 4. The monoisotopic (exact) mass is 689 g/mol. The third kappa shape index (κ3) is 5.71. The number of para-hydroxylation sites is 2. The standard InChI is InChI=1S/C52H35NO/c1-2-12-36(13-3-1)38-24-29-43(30-25-38)53(50-20-10-8-18-47(50)42-28-33-49-48-19-9-11-21-51(48)54-52(49)35-42)44-31-26-39(27-32-44)45-16-6-7-17-46(45)41-23-22-37-14-4-5-15-40(37)34-41/h1-35H. The second-order valence-electron chi connectivity index (χ2n) is 13.7. The van der Waals surface area contributed by atoms with Crippen molar-refractivity contribution in [1.29, 1.82) is 0 Å². The Labute approximate surface area is 314 Å². The molecule has 0 aliphatic carbocycles. The van der Waals surface area contributed by atoms with E-state index >= 15 is 0 Å². The van der Waals surface area contributed by atoms with Crippen molar-refractivity contribution in [3.05, 3.63) is 212 Å². The molecule has 0 atom stereocenters. The summed E-state index contributed by atoms with van der Waals surface area (Å²) in [5, 5.41) is 4.75. The zero-order valence-corrected chi connectivity index (χ0v) is 29.6. The minimum atomic E-state index is 0.886. The van der Waals surface area contributed by atoms with Gasteiger partial charge in [0.15, 0.2) is 0 Å². The van der Waals surface area contributed by atoms with Gasteiger partial charge >= 0.3 is 0 Å². The molecule has 1 heterocycles. The van der Waals surface area contributed by atoms with E-state index in [2.05, 4.69) is 205 Å². The first kappa shape index (κ1) is 31.6. The van der Waals surface area contributed by atoms with Gasteiger partial charge < -0.3 is 9.32 Å². The fourth-order valence-corrected chi connectivity index (χ4v) is 7.80. The molecule has 0 aliphatic rings. The highest BCUT2D eigenvalue weighted by Crippen LogP contribution is 2.43. The maximum atomic E-state index is 6.34. The number of furan rings is 1. The Morgan fingerprint density at radius 1 is 0.296 bits per heavy atom. The highest BCUT2D eigenvalue weighted by molar-refractivity contribution is 6.06. The summed E-state index contributed by atoms with van der Waals surface area (Å²) < 4.78 is 6.34. The molecule has 0 saturated heterocycles. The Hall–Kier alpha value is -7.16. The molecular weight excluding hydrogens is 655 g/mol. The van der Waals surface area contributed by atoms with Crippen LogP contribution in [0.1, 0.15) is 0 Å². The number of benzene rings is 9. The molecule has 0 N–H and O–H groups in total. The van der Waals surface area contributed by atoms with E-state index in [1.807, 2.05) is 12.1 Å². The molecular formula is C52H35NO. The molecule has 10 rings (SSSR count). The Morgan fingerprint density at radius 2 is 0.815 bits per heavy atom. The van der Waals surface area contributed by atoms with Crippen molar-refractivity contribution in [3.8, 4) is 44.5 Å². The lowest BCUT2D eigenvalue weighted by Crippen LogP contribution is -2.11. The zero-order valence-electron chi connectivity index (χ0n) is 29.6. The second kappa shape index (κ2) is 13.4. The lowest BCUT2D eigenvalue weighted by atomic mass is 9.93. The molecule has 0 fully saturated rings. The van der Waals surface area contributed by atoms with Crippen molar-refractivity contribution in [1.82, 2.24) is 0 Å². The van der Waals surface area contributed by atoms with Crippen LogP contribution in [-0.2, 0) is 0 Å². The van der Waals surface area contributed by atoms with Crippen molar-refractivity contribution in [2.75, 3.05) is 4.90 Å². The largest absolute Gasteiger partial charge is 0.456 e. The summed E-state index contributed by atoms with van der Waals surface area (Å²) >= 11 is 0. The average Bonchev–Trinajstić information content (AvgIpc) is 3.63. The van der Waals surface area contributed by atoms with Gasteiger partial charge in [0.25, 0.3) is 0 Å². The second-order valence-corrected chi connectivity index (χ2v) is 13.7. The Morgan fingerprint density at radius 3 is 1.59 bits per heavy atom. The van der Waals surface area contributed by atoms with Crippen LogP contribution in [0.25, 0.3) is 77.2 Å². The van der Waals surface area contributed by atoms with Gasteiger partial charge in [-0.2, -0.15) is 0 Å². The Balaban J connectivity index is 1.09. The quantitative estimate of drug-likeness (QED) is 0.166. The van der Waals surface area contributed by atoms with E-state index in [9.17, 15) is 0 Å². The van der Waals surface area contributed by atoms with Crippen LogP contribution in [0.5, 0.6) is 0 Å². The zero-order chi connectivity index (χ0) is 35.8. The fourth-order valence-electron chi connectivity index (χ4n) is 7.80. The average molecular weight is 690 g/mol. The summed E-state index contributed by atoms with van der Waals surface area (Å²) in [7, 11) is 0. The molecule has 10 aromatic rings. The third-order valence-corrected chi connectivity index (χ3v) is 10.5. The van der Waals surface area contributed by atoms with Crippen LogP contribution in [0.3, 0.4) is 0 Å². The van der Waals surface area contributed by atoms with Gasteiger partial charge in [0, 0.05) is 27.7 Å². The molecule has 54 heavy (non-hydrogen) atoms. The van der Waals surface area contributed by atoms with Gasteiger partial charge in [-0.1, -0.05) is 158 Å². The normalized spacial score (nSPS) is 11.3. The van der Waals surface area contributed by atoms with Gasteiger partial charge in [0.05, 0.1) is 5.69 Å². The molecule has 0 bridgehead atoms. The first-order chi connectivity index (χ1) is 26.8. The van der Waals surface area contributed by atoms with Gasteiger partial charge in [-0.05, 0) is 104 Å². The van der Waals surface area contributed by atoms with Crippen LogP contribution in [0.2, 0.25) is 0 Å². The minimum absolute atomic E-state index is 0.886. The molecule has 254 valence electrons. The summed E-state index contributed by atoms with van der Waals surface area (Å²) in [4.78, 5) is 2.37. The third-order valence-electron chi connectivity index (χ3n) is 10.5. The van der Waals surface area contributed by atoms with Crippen LogP contribution >= 0.6 is 0 Å². The number of hydrogen-bond donors (Lipinski definition) is 0. The van der Waals surface area contributed by atoms with Crippen LogP contribution < -0.4 is 4.90 Å². The molecule has 0 aliphatic heterocycles. The molecule has 0 amide bonds. The van der Waals surface area contributed by atoms with Crippen LogP contribution in [0, 0.1) is 0 Å². The van der Waals surface area contributed by atoms with E-state index < -0.39 is 0 Å². The van der Waals surface area contributed by atoms with Gasteiger partial charge in [0.1, 0.15) is 11.2 Å². The predicted octanol–water partition coefficient (Wildman–Crippen LogP) is 14.9. The summed E-state index contributed by atoms with van der Waals surface area (Å²) in [6.07, 6.45) is 0. The van der Waals surface area contributed by atoms with Crippen molar-refractivity contribution >= 4 is 49.8 Å². The number of hydrogen-bond acceptors (Lipinski definition) is 2. The van der Waals surface area contributed by atoms with Gasteiger partial charge in [0.2, 0.25) is 0 Å². The number of nitrogens with zero attached hydrogens (tertiary/aromatic N) is 1. The van der Waals surface area contributed by atoms with Crippen molar-refractivity contribution < 1.29 is 4.42 Å². The minimum Gasteiger partial charge on any atom is -0.456 e. The van der Waals surface area contributed by atoms with Crippen LogP contribution in [0.4, 0.5) is 17.1 Å². The van der Waals surface area contributed by atoms with Crippen LogP contribution in [-0.4, -0.2) is 0 Å². The molecule has 2 nitrogen and oxygen atoms in total. The smallest absolute Gasteiger partial charge is 0.136 e. The molecule has 0 unspecified atom stereocenters. The van der Waals surface area contributed by atoms with Crippen molar-refractivity contribution in [3.63, 3.8) is 0 Å². The Bertz CT molecular complexity index is 2920. The molecule has 0 saturated carbocycles. The summed E-state index contributed by atoms with van der Waals surface area (Å²) in [5.41, 5.74) is 14.4. The predicted molar refractivity (Wildman–Crippen MR) is 228 cm³/mol. The van der Waals surface area contributed by atoms with Gasteiger partial charge in [-0.15, -0.1) is 0 Å². The van der Waals surface area contributed by atoms with E-state index in [1.54, 1.807) is 0 Å². The first-order valence-electron chi connectivity index (χ1n) is 18.4. The van der Waals surface area contributed by atoms with E-state index in [-0.39, 0.29) is 0 Å². The first-order valence-corrected chi connectivity index (χ1v) is 18.4. The van der Waals surface area contributed by atoms with E-state index in [0.29, 0.717) is 0 Å². The molecule has 9 aromatic carbocycles. The number of rotatable bonds is 7. The maximum absolute atomic E-state index is 6.34. The molecule has 0 radical (unpaired) electrons. The highest BCUT2D eigenvalue weighted by Gasteiger charge is 2.19. The summed E-state index contributed by atoms with van der Waals surface area (Å²) in [6, 6.07) is 75.9. The Kier molecular flexibility index (Phi) is 7.85. The SMILES string of the molecule is c1ccc(-c2ccc(N(c3ccc(-c4ccccc4-c4ccc5ccccc5c4)cc3)c3ccccc3-c3ccc4c(c3)oc3ccccc34)cc2)cc1. The molecule has 2 heteroatoms. The van der Waals surface area contributed by atoms with Gasteiger partial charge in [-0.25, -0.2) is 0 Å². The van der Waals surface area contributed by atoms with E-state index in [4.69, 9.17) is 4.42 Å². The highest BCUT2D eigenvalue weighted by atomic mass is 16.3. The summed E-state index contributed by atoms with van der Waals surface area (Å²) in [5.74, 6) is 0. The van der Waals surface area contributed by atoms with Crippen molar-refractivity contribution in [2.45, 2.75) is 0 Å². The lowest BCUT2D eigenvalue weighted by molar-refractivity contribution is 0.669. The van der Waals surface area contributed by atoms with E-state index in [0.717, 1.165) is 50.1 Å². The number of anilines is 3. The molecule has 0 spiro atoms. The molecule has 1 aromatic heterocycles. The lowest BCUT2D eigenvalue weighted by Gasteiger charge is -2.28. The van der Waals surface area contributed by atoms with Crippen molar-refractivity contribution in [2.24, 2.45) is 0 Å².